The fourth-order valence-corrected chi connectivity index (χ4v) is 5.24. The van der Waals surface area contributed by atoms with Crippen molar-refractivity contribution in [2.45, 2.75) is 33.1 Å². The Morgan fingerprint density at radius 2 is 1.38 bits per heavy atom. The van der Waals surface area contributed by atoms with E-state index in [0.717, 1.165) is 33.3 Å². The van der Waals surface area contributed by atoms with Gasteiger partial charge in [-0.3, -0.25) is 9.36 Å². The van der Waals surface area contributed by atoms with Crippen molar-refractivity contribution in [3.8, 4) is 17.5 Å². The fraction of sp³-hybridized carbons (Fsp3) is 0.128. The zero-order valence-corrected chi connectivity index (χ0v) is 24.3. The first-order valence-electron chi connectivity index (χ1n) is 14.2. The van der Waals surface area contributed by atoms with Gasteiger partial charge >= 0.3 is 0 Å². The zero-order chi connectivity index (χ0) is 29.3. The highest BCUT2D eigenvalue weighted by atomic mass is 16.1. The second kappa shape index (κ2) is 11.0. The van der Waals surface area contributed by atoms with Crippen LogP contribution in [0.15, 0.2) is 114 Å². The molecule has 0 unspecified atom stereocenters. The fourth-order valence-electron chi connectivity index (χ4n) is 5.24. The van der Waals surface area contributed by atoms with Crippen LogP contribution in [-0.2, 0) is 5.41 Å². The van der Waals surface area contributed by atoms with Gasteiger partial charge in [0.1, 0.15) is 5.82 Å². The normalized spacial score (nSPS) is 11.6. The third-order valence-electron chi connectivity index (χ3n) is 7.58. The van der Waals surface area contributed by atoms with Crippen molar-refractivity contribution in [1.29, 1.82) is 0 Å². The van der Waals surface area contributed by atoms with Gasteiger partial charge in [-0.25, -0.2) is 4.98 Å². The van der Waals surface area contributed by atoms with Crippen molar-refractivity contribution >= 4 is 33.8 Å². The predicted octanol–water partition coefficient (Wildman–Crippen LogP) is 8.72. The molecular formula is C39H32N2O. The Kier molecular flexibility index (Phi) is 7.07. The lowest BCUT2D eigenvalue weighted by molar-refractivity contribution is 0.590. The minimum Gasteiger partial charge on any atom is -0.268 e. The summed E-state index contributed by atoms with van der Waals surface area (Å²) in [5.41, 5.74) is 6.64. The van der Waals surface area contributed by atoms with Gasteiger partial charge in [-0.15, -0.1) is 0 Å². The highest BCUT2D eigenvalue weighted by molar-refractivity contribution is 5.92. The largest absolute Gasteiger partial charge is 0.268 e. The zero-order valence-electron chi connectivity index (χ0n) is 24.3. The monoisotopic (exact) mass is 544 g/mol. The van der Waals surface area contributed by atoms with Crippen LogP contribution in [0.2, 0.25) is 0 Å². The number of benzene rings is 5. The van der Waals surface area contributed by atoms with Crippen LogP contribution in [0.4, 0.5) is 0 Å². The van der Waals surface area contributed by atoms with E-state index in [2.05, 4.69) is 81.1 Å². The molecule has 0 amide bonds. The number of para-hydroxylation sites is 1. The molecule has 0 aliphatic rings. The Morgan fingerprint density at radius 3 is 2.14 bits per heavy atom. The standard InChI is InChI=1S/C39H32N2O/c1-27-26-29(17-16-28-18-22-32(23-19-28)39(2,3)4)20-24-36(27)41-37(40-35-15-8-7-14-34(35)38(41)42)25-21-31-12-9-11-30-10-5-6-13-33(30)31/h5-15,18-26H,1-4H3/b25-21+. The van der Waals surface area contributed by atoms with Crippen molar-refractivity contribution in [2.75, 3.05) is 0 Å². The minimum absolute atomic E-state index is 0.0981. The second-order valence-corrected chi connectivity index (χ2v) is 11.6. The molecule has 0 atom stereocenters. The van der Waals surface area contributed by atoms with Crippen LogP contribution < -0.4 is 5.56 Å². The smallest absolute Gasteiger partial charge is 0.266 e. The Morgan fingerprint density at radius 1 is 0.714 bits per heavy atom. The van der Waals surface area contributed by atoms with Crippen LogP contribution in [0.1, 0.15) is 54.4 Å². The summed E-state index contributed by atoms with van der Waals surface area (Å²) in [6.45, 7) is 8.64. The maximum atomic E-state index is 13.9. The Balaban J connectivity index is 1.41. The molecule has 204 valence electrons. The van der Waals surface area contributed by atoms with E-state index < -0.39 is 0 Å². The molecule has 3 heteroatoms. The maximum absolute atomic E-state index is 13.9. The van der Waals surface area contributed by atoms with Gasteiger partial charge in [0.05, 0.1) is 16.6 Å². The Hall–Kier alpha value is -5.20. The van der Waals surface area contributed by atoms with Gasteiger partial charge in [0.15, 0.2) is 0 Å². The highest BCUT2D eigenvalue weighted by Gasteiger charge is 2.14. The Labute approximate surface area is 246 Å². The third kappa shape index (κ3) is 5.40. The second-order valence-electron chi connectivity index (χ2n) is 11.6. The van der Waals surface area contributed by atoms with Crippen molar-refractivity contribution < 1.29 is 0 Å². The van der Waals surface area contributed by atoms with Gasteiger partial charge in [-0.1, -0.05) is 105 Å². The van der Waals surface area contributed by atoms with E-state index in [-0.39, 0.29) is 11.0 Å². The number of fused-ring (bicyclic) bond motifs is 2. The molecule has 5 aromatic carbocycles. The summed E-state index contributed by atoms with van der Waals surface area (Å²) in [6, 6.07) is 36.4. The lowest BCUT2D eigenvalue weighted by Crippen LogP contribution is -2.23. The van der Waals surface area contributed by atoms with Crippen LogP contribution >= 0.6 is 0 Å². The molecule has 42 heavy (non-hydrogen) atoms. The average molecular weight is 545 g/mol. The van der Waals surface area contributed by atoms with Gasteiger partial charge in [-0.05, 0) is 88.3 Å². The van der Waals surface area contributed by atoms with E-state index in [0.29, 0.717) is 16.7 Å². The van der Waals surface area contributed by atoms with E-state index in [1.165, 1.54) is 10.9 Å². The highest BCUT2D eigenvalue weighted by Crippen LogP contribution is 2.24. The quantitative estimate of drug-likeness (QED) is 0.209. The first-order valence-corrected chi connectivity index (χ1v) is 14.2. The maximum Gasteiger partial charge on any atom is 0.266 e. The van der Waals surface area contributed by atoms with Crippen molar-refractivity contribution in [3.63, 3.8) is 0 Å². The summed E-state index contributed by atoms with van der Waals surface area (Å²) < 4.78 is 1.71. The van der Waals surface area contributed by atoms with Crippen molar-refractivity contribution in [1.82, 2.24) is 9.55 Å². The first-order chi connectivity index (χ1) is 20.3. The predicted molar refractivity (Wildman–Crippen MR) is 176 cm³/mol. The van der Waals surface area contributed by atoms with Gasteiger partial charge in [0, 0.05) is 11.1 Å². The van der Waals surface area contributed by atoms with Crippen molar-refractivity contribution in [2.24, 2.45) is 0 Å². The number of hydrogen-bond donors (Lipinski definition) is 0. The van der Waals surface area contributed by atoms with Crippen LogP contribution in [0.25, 0.3) is 39.5 Å². The molecule has 3 nitrogen and oxygen atoms in total. The Bertz CT molecular complexity index is 2090. The number of hydrogen-bond acceptors (Lipinski definition) is 2. The lowest BCUT2D eigenvalue weighted by atomic mass is 9.87. The average Bonchev–Trinajstić information content (AvgIpc) is 2.99. The summed E-state index contributed by atoms with van der Waals surface area (Å²) in [5.74, 6) is 7.15. The summed E-state index contributed by atoms with van der Waals surface area (Å²) in [5, 5.41) is 2.90. The molecule has 0 fully saturated rings. The summed E-state index contributed by atoms with van der Waals surface area (Å²) in [6.07, 6.45) is 3.97. The molecule has 0 aliphatic carbocycles. The molecule has 0 saturated heterocycles. The summed E-state index contributed by atoms with van der Waals surface area (Å²) in [4.78, 5) is 18.8. The molecule has 6 rings (SSSR count). The third-order valence-corrected chi connectivity index (χ3v) is 7.58. The number of rotatable bonds is 3. The van der Waals surface area contributed by atoms with Gasteiger partial charge in [-0.2, -0.15) is 0 Å². The van der Waals surface area contributed by atoms with E-state index in [1.54, 1.807) is 4.57 Å². The SMILES string of the molecule is Cc1cc(C#Cc2ccc(C(C)(C)C)cc2)ccc1-n1c(/C=C/c2cccc3ccccc23)nc2ccccc2c1=O. The summed E-state index contributed by atoms with van der Waals surface area (Å²) >= 11 is 0. The molecule has 0 radical (unpaired) electrons. The van der Waals surface area contributed by atoms with Crippen molar-refractivity contribution in [3.05, 3.63) is 153 Å². The molecule has 0 spiro atoms. The topological polar surface area (TPSA) is 34.9 Å². The molecule has 1 aromatic heterocycles. The molecule has 0 N–H and O–H groups in total. The van der Waals surface area contributed by atoms with Crippen LogP contribution in [0.5, 0.6) is 0 Å². The molecule has 0 bridgehead atoms. The van der Waals surface area contributed by atoms with Gasteiger partial charge in [0.25, 0.3) is 5.56 Å². The van der Waals surface area contributed by atoms with E-state index in [1.807, 2.05) is 79.7 Å². The van der Waals surface area contributed by atoms with E-state index in [9.17, 15) is 4.79 Å². The number of nitrogens with zero attached hydrogens (tertiary/aromatic N) is 2. The summed E-state index contributed by atoms with van der Waals surface area (Å²) in [7, 11) is 0. The van der Waals surface area contributed by atoms with Crippen LogP contribution in [0, 0.1) is 18.8 Å². The first kappa shape index (κ1) is 27.0. The van der Waals surface area contributed by atoms with E-state index in [4.69, 9.17) is 4.98 Å². The van der Waals surface area contributed by atoms with Gasteiger partial charge < -0.3 is 0 Å². The van der Waals surface area contributed by atoms with E-state index >= 15 is 0 Å². The molecule has 6 aromatic rings. The lowest BCUT2D eigenvalue weighted by Gasteiger charge is -2.18. The number of aromatic nitrogens is 2. The minimum atomic E-state index is -0.0981. The van der Waals surface area contributed by atoms with Gasteiger partial charge in [0.2, 0.25) is 0 Å². The molecular weight excluding hydrogens is 512 g/mol. The van der Waals surface area contributed by atoms with Crippen LogP contribution in [-0.4, -0.2) is 9.55 Å². The number of aryl methyl sites for hydroxylation is 1. The molecule has 0 saturated carbocycles. The molecule has 0 aliphatic heterocycles. The molecule has 1 heterocycles. The van der Waals surface area contributed by atoms with Crippen LogP contribution in [0.3, 0.4) is 0 Å².